The molecule has 0 aromatic heterocycles. The average molecular weight is 497 g/mol. The topological polar surface area (TPSA) is 123 Å². The summed E-state index contributed by atoms with van der Waals surface area (Å²) in [5.41, 5.74) is 1.77. The van der Waals surface area contributed by atoms with Gasteiger partial charge >= 0.3 is 0 Å². The van der Waals surface area contributed by atoms with E-state index < -0.39 is 10.0 Å². The number of carbonyl (C=O) groups excluding carboxylic acids is 1. The summed E-state index contributed by atoms with van der Waals surface area (Å²) in [6, 6.07) is 23.4. The Labute approximate surface area is 206 Å². The van der Waals surface area contributed by atoms with E-state index in [1.54, 1.807) is 12.1 Å². The first kappa shape index (κ1) is 26.4. The number of unbranched alkanes of at least 4 members (excludes halogenated alkanes) is 1. The summed E-state index contributed by atoms with van der Waals surface area (Å²) in [4.78, 5) is 12.2. The van der Waals surface area contributed by atoms with Crippen LogP contribution < -0.4 is 25.8 Å². The van der Waals surface area contributed by atoms with Gasteiger partial charge in [-0.2, -0.15) is 0 Å². The quantitative estimate of drug-likeness (QED) is 0.254. The summed E-state index contributed by atoms with van der Waals surface area (Å²) < 4.78 is 28.3. The number of hydrogen-bond donors (Lipinski definition) is 4. The van der Waals surface area contributed by atoms with Gasteiger partial charge in [-0.15, -0.1) is 0 Å². The molecule has 0 aliphatic heterocycles. The first-order valence-electron chi connectivity index (χ1n) is 11.6. The summed E-state index contributed by atoms with van der Waals surface area (Å²) in [6.45, 7) is 2.69. The molecule has 0 aliphatic rings. The molecule has 3 rings (SSSR count). The minimum Gasteiger partial charge on any atom is -0.457 e. The van der Waals surface area contributed by atoms with Gasteiger partial charge in [0.2, 0.25) is 15.9 Å². The van der Waals surface area contributed by atoms with Gasteiger partial charge in [0.25, 0.3) is 0 Å². The van der Waals surface area contributed by atoms with E-state index in [1.165, 1.54) is 12.1 Å². The van der Waals surface area contributed by atoms with Crippen LogP contribution in [-0.4, -0.2) is 40.5 Å². The number of rotatable bonds is 14. The number of para-hydroxylation sites is 1. The second-order valence-corrected chi connectivity index (χ2v) is 9.62. The molecular weight excluding hydrogens is 464 g/mol. The molecule has 1 amide bonds. The van der Waals surface area contributed by atoms with E-state index in [0.29, 0.717) is 5.75 Å². The van der Waals surface area contributed by atoms with Crippen LogP contribution in [0.4, 0.5) is 5.69 Å². The summed E-state index contributed by atoms with van der Waals surface area (Å²) in [5.74, 6) is 1.38. The number of sulfonamides is 1. The average Bonchev–Trinajstić information content (AvgIpc) is 2.84. The molecule has 0 heterocycles. The van der Waals surface area contributed by atoms with Crippen molar-refractivity contribution in [2.24, 2.45) is 5.14 Å². The molecule has 0 aliphatic carbocycles. The molecule has 0 saturated carbocycles. The van der Waals surface area contributed by atoms with Gasteiger partial charge in [-0.1, -0.05) is 30.3 Å². The SMILES string of the molecule is NS(=O)(=O)c1ccc(CCNCCCCNCC(=O)Nc2ccc(Oc3ccccc3)cc2)cc1. The maximum absolute atomic E-state index is 12.1. The maximum atomic E-state index is 12.1. The number of nitrogens with two attached hydrogens (primary N) is 1. The van der Waals surface area contributed by atoms with Crippen molar-refractivity contribution in [1.82, 2.24) is 10.6 Å². The van der Waals surface area contributed by atoms with Crippen molar-refractivity contribution in [2.75, 3.05) is 31.5 Å². The number of amides is 1. The van der Waals surface area contributed by atoms with Gasteiger partial charge in [0.1, 0.15) is 11.5 Å². The largest absolute Gasteiger partial charge is 0.457 e. The third kappa shape index (κ3) is 9.87. The van der Waals surface area contributed by atoms with Gasteiger partial charge in [0, 0.05) is 5.69 Å². The van der Waals surface area contributed by atoms with E-state index in [2.05, 4.69) is 16.0 Å². The predicted molar refractivity (Wildman–Crippen MR) is 138 cm³/mol. The fourth-order valence-electron chi connectivity index (χ4n) is 3.34. The molecule has 0 fully saturated rings. The number of ether oxygens (including phenoxy) is 1. The van der Waals surface area contributed by atoms with E-state index in [1.807, 2.05) is 54.6 Å². The molecule has 8 nitrogen and oxygen atoms in total. The molecule has 3 aromatic rings. The molecule has 5 N–H and O–H groups in total. The third-order valence-electron chi connectivity index (χ3n) is 5.20. The lowest BCUT2D eigenvalue weighted by Crippen LogP contribution is -2.29. The molecule has 0 atom stereocenters. The Morgan fingerprint density at radius 2 is 1.40 bits per heavy atom. The van der Waals surface area contributed by atoms with E-state index >= 15 is 0 Å². The molecule has 0 bridgehead atoms. The smallest absolute Gasteiger partial charge is 0.238 e. The lowest BCUT2D eigenvalue weighted by Gasteiger charge is -2.09. The Kier molecular flexibility index (Phi) is 10.2. The number of benzene rings is 3. The van der Waals surface area contributed by atoms with Crippen molar-refractivity contribution >= 4 is 21.6 Å². The van der Waals surface area contributed by atoms with Crippen LogP contribution in [0.3, 0.4) is 0 Å². The van der Waals surface area contributed by atoms with E-state index in [0.717, 1.165) is 55.9 Å². The van der Waals surface area contributed by atoms with Crippen LogP contribution in [0.25, 0.3) is 0 Å². The summed E-state index contributed by atoms with van der Waals surface area (Å²) >= 11 is 0. The monoisotopic (exact) mass is 496 g/mol. The van der Waals surface area contributed by atoms with Crippen molar-refractivity contribution in [1.29, 1.82) is 0 Å². The van der Waals surface area contributed by atoms with Crippen molar-refractivity contribution in [2.45, 2.75) is 24.2 Å². The second kappa shape index (κ2) is 13.6. The molecular formula is C26H32N4O4S. The number of primary sulfonamides is 1. The number of nitrogens with one attached hydrogen (secondary N) is 3. The van der Waals surface area contributed by atoms with Crippen molar-refractivity contribution < 1.29 is 17.9 Å². The number of carbonyl (C=O) groups is 1. The Morgan fingerprint density at radius 3 is 2.06 bits per heavy atom. The Balaban J connectivity index is 1.21. The minimum absolute atomic E-state index is 0.0895. The Morgan fingerprint density at radius 1 is 0.771 bits per heavy atom. The van der Waals surface area contributed by atoms with Gasteiger partial charge in [0.05, 0.1) is 11.4 Å². The van der Waals surface area contributed by atoms with E-state index in [4.69, 9.17) is 9.88 Å². The van der Waals surface area contributed by atoms with Crippen LogP contribution in [0.5, 0.6) is 11.5 Å². The second-order valence-electron chi connectivity index (χ2n) is 8.06. The highest BCUT2D eigenvalue weighted by Crippen LogP contribution is 2.22. The molecule has 0 saturated heterocycles. The first-order chi connectivity index (χ1) is 16.9. The molecule has 0 radical (unpaired) electrons. The lowest BCUT2D eigenvalue weighted by molar-refractivity contribution is -0.115. The summed E-state index contributed by atoms with van der Waals surface area (Å²) in [6.07, 6.45) is 2.75. The zero-order valence-corrected chi connectivity index (χ0v) is 20.4. The number of anilines is 1. The van der Waals surface area contributed by atoms with E-state index in [9.17, 15) is 13.2 Å². The normalized spacial score (nSPS) is 11.2. The van der Waals surface area contributed by atoms with Crippen molar-refractivity contribution in [3.8, 4) is 11.5 Å². The fourth-order valence-corrected chi connectivity index (χ4v) is 3.86. The third-order valence-corrected chi connectivity index (χ3v) is 6.13. The number of hydrogen-bond acceptors (Lipinski definition) is 6. The molecule has 0 spiro atoms. The highest BCUT2D eigenvalue weighted by molar-refractivity contribution is 7.89. The predicted octanol–water partition coefficient (Wildman–Crippen LogP) is 3.27. The van der Waals surface area contributed by atoms with Gasteiger partial charge in [0.15, 0.2) is 0 Å². The molecule has 3 aromatic carbocycles. The van der Waals surface area contributed by atoms with Crippen molar-refractivity contribution in [3.63, 3.8) is 0 Å². The van der Waals surface area contributed by atoms with Crippen molar-refractivity contribution in [3.05, 3.63) is 84.4 Å². The van der Waals surface area contributed by atoms with Crippen LogP contribution in [-0.2, 0) is 21.2 Å². The molecule has 0 unspecified atom stereocenters. The summed E-state index contributed by atoms with van der Waals surface area (Å²) in [5, 5.41) is 14.5. The van der Waals surface area contributed by atoms with Gasteiger partial charge in [-0.05, 0) is 93.0 Å². The van der Waals surface area contributed by atoms with Crippen LogP contribution >= 0.6 is 0 Å². The maximum Gasteiger partial charge on any atom is 0.238 e. The lowest BCUT2D eigenvalue weighted by atomic mass is 10.1. The molecule has 35 heavy (non-hydrogen) atoms. The zero-order valence-electron chi connectivity index (χ0n) is 19.6. The fraction of sp³-hybridized carbons (Fsp3) is 0.269. The minimum atomic E-state index is -3.64. The standard InChI is InChI=1S/C26H32N4O4S/c27-35(32,33)25-14-8-21(9-15-25)16-19-28-17-4-5-18-29-20-26(31)30-22-10-12-24(13-11-22)34-23-6-2-1-3-7-23/h1-3,6-15,28-29H,4-5,16-20H2,(H,30,31)(H2,27,32,33). The van der Waals surface area contributed by atoms with Crippen LogP contribution in [0.15, 0.2) is 83.8 Å². The van der Waals surface area contributed by atoms with Gasteiger partial charge in [-0.3, -0.25) is 4.79 Å². The van der Waals surface area contributed by atoms with Crippen LogP contribution in [0, 0.1) is 0 Å². The highest BCUT2D eigenvalue weighted by Gasteiger charge is 2.06. The summed E-state index contributed by atoms with van der Waals surface area (Å²) in [7, 11) is -3.64. The van der Waals surface area contributed by atoms with Crippen LogP contribution in [0.2, 0.25) is 0 Å². The van der Waals surface area contributed by atoms with Gasteiger partial charge in [-0.25, -0.2) is 13.6 Å². The first-order valence-corrected chi connectivity index (χ1v) is 13.1. The Hall–Kier alpha value is -3.24. The molecule has 9 heteroatoms. The highest BCUT2D eigenvalue weighted by atomic mass is 32.2. The van der Waals surface area contributed by atoms with Gasteiger partial charge < -0.3 is 20.7 Å². The van der Waals surface area contributed by atoms with E-state index in [-0.39, 0.29) is 17.3 Å². The zero-order chi connectivity index (χ0) is 24.9. The Bertz CT molecular complexity index is 1150. The molecule has 186 valence electrons. The van der Waals surface area contributed by atoms with Crippen LogP contribution in [0.1, 0.15) is 18.4 Å².